The molecule has 0 fully saturated rings. The molecule has 126 valence electrons. The lowest BCUT2D eigenvalue weighted by molar-refractivity contribution is 0.000435. The summed E-state index contributed by atoms with van der Waals surface area (Å²) in [5.74, 6) is 0.0988. The number of nitrogens with zero attached hydrogens (tertiary/aromatic N) is 2. The van der Waals surface area contributed by atoms with Crippen molar-refractivity contribution in [3.05, 3.63) is 59.8 Å². The SMILES string of the molecule is CC1c2cccnc2N(C(=O)OC(C)(C)C)C1(O)c1ccccc1. The summed E-state index contributed by atoms with van der Waals surface area (Å²) in [6.07, 6.45) is 0.998. The van der Waals surface area contributed by atoms with Crippen molar-refractivity contribution in [1.82, 2.24) is 4.98 Å². The van der Waals surface area contributed by atoms with Crippen LogP contribution in [0.25, 0.3) is 0 Å². The number of hydrogen-bond donors (Lipinski definition) is 1. The minimum atomic E-state index is -1.54. The second-order valence-corrected chi connectivity index (χ2v) is 7.05. The monoisotopic (exact) mass is 326 g/mol. The van der Waals surface area contributed by atoms with Crippen molar-refractivity contribution in [3.63, 3.8) is 0 Å². The second kappa shape index (κ2) is 5.60. The number of amides is 1. The molecule has 2 unspecified atom stereocenters. The fourth-order valence-electron chi connectivity index (χ4n) is 3.10. The maximum atomic E-state index is 12.9. The van der Waals surface area contributed by atoms with Gasteiger partial charge in [-0.25, -0.2) is 14.7 Å². The normalized spacial score (nSPS) is 23.0. The van der Waals surface area contributed by atoms with E-state index in [-0.39, 0.29) is 5.92 Å². The summed E-state index contributed by atoms with van der Waals surface area (Å²) in [6, 6.07) is 12.8. The van der Waals surface area contributed by atoms with Gasteiger partial charge >= 0.3 is 6.09 Å². The zero-order valence-corrected chi connectivity index (χ0v) is 14.4. The van der Waals surface area contributed by atoms with Gasteiger partial charge in [0.15, 0.2) is 5.72 Å². The van der Waals surface area contributed by atoms with Crippen LogP contribution in [0.5, 0.6) is 0 Å². The molecule has 0 bridgehead atoms. The van der Waals surface area contributed by atoms with E-state index in [1.54, 1.807) is 45.2 Å². The van der Waals surface area contributed by atoms with Crippen LogP contribution in [-0.2, 0) is 10.5 Å². The first-order chi connectivity index (χ1) is 11.2. The van der Waals surface area contributed by atoms with Crippen molar-refractivity contribution in [2.45, 2.75) is 44.9 Å². The summed E-state index contributed by atoms with van der Waals surface area (Å²) in [4.78, 5) is 18.5. The van der Waals surface area contributed by atoms with Gasteiger partial charge in [-0.15, -0.1) is 0 Å². The molecule has 3 rings (SSSR count). The van der Waals surface area contributed by atoms with E-state index in [9.17, 15) is 9.90 Å². The lowest BCUT2D eigenvalue weighted by atomic mass is 9.88. The summed E-state index contributed by atoms with van der Waals surface area (Å²) >= 11 is 0. The third-order valence-corrected chi connectivity index (χ3v) is 4.21. The van der Waals surface area contributed by atoms with Crippen LogP contribution in [0.4, 0.5) is 10.6 Å². The zero-order valence-electron chi connectivity index (χ0n) is 14.4. The predicted octanol–water partition coefficient (Wildman–Crippen LogP) is 3.79. The highest BCUT2D eigenvalue weighted by Gasteiger charge is 2.54. The Labute approximate surface area is 141 Å². The maximum absolute atomic E-state index is 12.9. The molecule has 0 spiro atoms. The highest BCUT2D eigenvalue weighted by Crippen LogP contribution is 2.50. The van der Waals surface area contributed by atoms with Gasteiger partial charge in [-0.05, 0) is 26.8 Å². The zero-order chi connectivity index (χ0) is 17.5. The van der Waals surface area contributed by atoms with E-state index in [1.807, 2.05) is 31.2 Å². The molecule has 0 aliphatic carbocycles. The van der Waals surface area contributed by atoms with Crippen molar-refractivity contribution in [2.24, 2.45) is 0 Å². The van der Waals surface area contributed by atoms with Gasteiger partial charge in [-0.1, -0.05) is 43.3 Å². The lowest BCUT2D eigenvalue weighted by Crippen LogP contribution is -2.50. The van der Waals surface area contributed by atoms with Gasteiger partial charge in [0.05, 0.1) is 0 Å². The lowest BCUT2D eigenvalue weighted by Gasteiger charge is -2.37. The standard InChI is InChI=1S/C19H22N2O3/c1-13-15-11-8-12-20-16(15)21(17(22)24-18(2,3)4)19(13,23)14-9-6-5-7-10-14/h5-13,23H,1-4H3. The second-order valence-electron chi connectivity index (χ2n) is 7.05. The fourth-order valence-corrected chi connectivity index (χ4v) is 3.10. The van der Waals surface area contributed by atoms with E-state index >= 15 is 0 Å². The van der Waals surface area contributed by atoms with Gasteiger partial charge in [0.2, 0.25) is 0 Å². The molecule has 5 nitrogen and oxygen atoms in total. The molecule has 2 aromatic rings. The molecule has 2 atom stereocenters. The number of aromatic nitrogens is 1. The third kappa shape index (κ3) is 2.55. The summed E-state index contributed by atoms with van der Waals surface area (Å²) in [7, 11) is 0. The van der Waals surface area contributed by atoms with Crippen molar-refractivity contribution in [3.8, 4) is 0 Å². The molecule has 24 heavy (non-hydrogen) atoms. The molecule has 0 saturated heterocycles. The number of benzene rings is 1. The van der Waals surface area contributed by atoms with E-state index < -0.39 is 17.4 Å². The van der Waals surface area contributed by atoms with Crippen LogP contribution < -0.4 is 4.90 Å². The van der Waals surface area contributed by atoms with Gasteiger partial charge in [0, 0.05) is 23.2 Å². The van der Waals surface area contributed by atoms with Gasteiger partial charge in [-0.2, -0.15) is 0 Å². The smallest absolute Gasteiger partial charge is 0.418 e. The number of rotatable bonds is 1. The first-order valence-electron chi connectivity index (χ1n) is 8.01. The first-order valence-corrected chi connectivity index (χ1v) is 8.01. The molecule has 1 aliphatic rings. The number of aliphatic hydroxyl groups is 1. The molecular formula is C19H22N2O3. The Morgan fingerprint density at radius 1 is 1.21 bits per heavy atom. The third-order valence-electron chi connectivity index (χ3n) is 4.21. The van der Waals surface area contributed by atoms with E-state index in [0.717, 1.165) is 5.56 Å². The Kier molecular flexibility index (Phi) is 3.84. The van der Waals surface area contributed by atoms with Gasteiger partial charge in [0.25, 0.3) is 0 Å². The summed E-state index contributed by atoms with van der Waals surface area (Å²) in [6.45, 7) is 7.28. The van der Waals surface area contributed by atoms with Crippen LogP contribution in [0.15, 0.2) is 48.7 Å². The molecule has 1 amide bonds. The molecule has 0 radical (unpaired) electrons. The Bertz CT molecular complexity index is 755. The van der Waals surface area contributed by atoms with Crippen LogP contribution in [0, 0.1) is 0 Å². The number of carbonyl (C=O) groups excluding carboxylic acids is 1. The van der Waals surface area contributed by atoms with Crippen molar-refractivity contribution in [1.29, 1.82) is 0 Å². The van der Waals surface area contributed by atoms with Crippen LogP contribution in [0.2, 0.25) is 0 Å². The predicted molar refractivity (Wildman–Crippen MR) is 91.7 cm³/mol. The largest absolute Gasteiger partial charge is 0.443 e. The number of anilines is 1. The maximum Gasteiger partial charge on any atom is 0.418 e. The van der Waals surface area contributed by atoms with Gasteiger partial charge in [0.1, 0.15) is 11.4 Å². The Morgan fingerprint density at radius 2 is 1.88 bits per heavy atom. The van der Waals surface area contributed by atoms with Crippen molar-refractivity contribution in [2.75, 3.05) is 4.90 Å². The van der Waals surface area contributed by atoms with Crippen LogP contribution in [0.3, 0.4) is 0 Å². The van der Waals surface area contributed by atoms with Crippen molar-refractivity contribution < 1.29 is 14.6 Å². The van der Waals surface area contributed by atoms with Crippen molar-refractivity contribution >= 4 is 11.9 Å². The molecule has 1 aromatic carbocycles. The molecule has 1 N–H and O–H groups in total. The van der Waals surface area contributed by atoms with E-state index in [0.29, 0.717) is 11.4 Å². The van der Waals surface area contributed by atoms with Crippen LogP contribution in [-0.4, -0.2) is 21.8 Å². The summed E-state index contributed by atoms with van der Waals surface area (Å²) in [5, 5.41) is 11.6. The Balaban J connectivity index is 2.15. The Morgan fingerprint density at radius 3 is 2.50 bits per heavy atom. The Hall–Kier alpha value is -2.40. The number of ether oxygens (including phenoxy) is 1. The first kappa shape index (κ1) is 16.5. The topological polar surface area (TPSA) is 62.7 Å². The highest BCUT2D eigenvalue weighted by molar-refractivity contribution is 5.91. The molecule has 0 saturated carbocycles. The van der Waals surface area contributed by atoms with E-state index in [1.165, 1.54) is 4.90 Å². The molecule has 1 aromatic heterocycles. The molecule has 2 heterocycles. The summed E-state index contributed by atoms with van der Waals surface area (Å²) < 4.78 is 5.53. The minimum absolute atomic E-state index is 0.337. The number of fused-ring (bicyclic) bond motifs is 1. The molecule has 5 heteroatoms. The quantitative estimate of drug-likeness (QED) is 0.866. The summed E-state index contributed by atoms with van der Waals surface area (Å²) in [5.41, 5.74) is -0.772. The highest BCUT2D eigenvalue weighted by atomic mass is 16.6. The number of hydrogen-bond acceptors (Lipinski definition) is 4. The van der Waals surface area contributed by atoms with Crippen LogP contribution >= 0.6 is 0 Å². The molecule has 1 aliphatic heterocycles. The minimum Gasteiger partial charge on any atom is -0.443 e. The van der Waals surface area contributed by atoms with Gasteiger partial charge < -0.3 is 9.84 Å². The van der Waals surface area contributed by atoms with E-state index in [2.05, 4.69) is 4.98 Å². The van der Waals surface area contributed by atoms with E-state index in [4.69, 9.17) is 4.74 Å². The average molecular weight is 326 g/mol. The average Bonchev–Trinajstić information content (AvgIpc) is 2.76. The van der Waals surface area contributed by atoms with Gasteiger partial charge in [-0.3, -0.25) is 0 Å². The number of pyridine rings is 1. The molecular weight excluding hydrogens is 304 g/mol. The fraction of sp³-hybridized carbons (Fsp3) is 0.368. The number of carbonyl (C=O) groups is 1. The van der Waals surface area contributed by atoms with Crippen LogP contribution in [0.1, 0.15) is 44.7 Å².